The first kappa shape index (κ1) is 18.8. The van der Waals surface area contributed by atoms with Crippen molar-refractivity contribution in [1.82, 2.24) is 15.5 Å². The molecule has 0 heterocycles. The third-order valence-corrected chi connectivity index (χ3v) is 2.90. The Labute approximate surface area is 137 Å². The molecule has 1 aromatic carbocycles. The zero-order valence-corrected chi connectivity index (χ0v) is 14.0. The van der Waals surface area contributed by atoms with Crippen LogP contribution in [0.2, 0.25) is 0 Å². The maximum absolute atomic E-state index is 10.5. The van der Waals surface area contributed by atoms with Gasteiger partial charge in [-0.3, -0.25) is 10.1 Å². The first-order valence-corrected chi connectivity index (χ1v) is 7.70. The predicted octanol–water partition coefficient (Wildman–Crippen LogP) is 1.79. The van der Waals surface area contributed by atoms with E-state index in [0.29, 0.717) is 25.5 Å². The summed E-state index contributed by atoms with van der Waals surface area (Å²) in [7, 11) is 4.05. The molecule has 7 heteroatoms. The molecule has 1 aromatic rings. The van der Waals surface area contributed by atoms with Gasteiger partial charge in [-0.15, -0.1) is 0 Å². The smallest absolute Gasteiger partial charge is 0.274 e. The SMILES string of the molecule is CCNC(=C[N+](=O)[O-])NCCCOc1cccc(CN(C)C)c1. The molecule has 23 heavy (non-hydrogen) atoms. The van der Waals surface area contributed by atoms with Crippen molar-refractivity contribution in [1.29, 1.82) is 0 Å². The Morgan fingerprint density at radius 1 is 1.39 bits per heavy atom. The van der Waals surface area contributed by atoms with Crippen LogP contribution in [0.4, 0.5) is 0 Å². The minimum atomic E-state index is -0.474. The van der Waals surface area contributed by atoms with Crippen LogP contribution in [-0.2, 0) is 6.54 Å². The van der Waals surface area contributed by atoms with Gasteiger partial charge in [-0.1, -0.05) is 12.1 Å². The molecule has 0 spiro atoms. The van der Waals surface area contributed by atoms with E-state index in [0.717, 1.165) is 24.9 Å². The molecule has 0 aliphatic carbocycles. The number of rotatable bonds is 11. The fourth-order valence-electron chi connectivity index (χ4n) is 2.03. The highest BCUT2D eigenvalue weighted by atomic mass is 16.6. The molecule has 128 valence electrons. The molecule has 0 atom stereocenters. The number of nitrogens with one attached hydrogen (secondary N) is 2. The van der Waals surface area contributed by atoms with Crippen LogP contribution in [0.1, 0.15) is 18.9 Å². The van der Waals surface area contributed by atoms with Crippen LogP contribution in [0.15, 0.2) is 36.3 Å². The minimum Gasteiger partial charge on any atom is -0.494 e. The molecule has 0 saturated carbocycles. The summed E-state index contributed by atoms with van der Waals surface area (Å²) in [5, 5.41) is 16.4. The van der Waals surface area contributed by atoms with Crippen molar-refractivity contribution in [2.24, 2.45) is 0 Å². The molecule has 0 bridgehead atoms. The molecule has 7 nitrogen and oxygen atoms in total. The van der Waals surface area contributed by atoms with E-state index < -0.39 is 4.92 Å². The van der Waals surface area contributed by atoms with Gasteiger partial charge in [-0.25, -0.2) is 0 Å². The van der Waals surface area contributed by atoms with E-state index in [2.05, 4.69) is 21.6 Å². The Balaban J connectivity index is 2.33. The molecule has 2 N–H and O–H groups in total. The van der Waals surface area contributed by atoms with Gasteiger partial charge >= 0.3 is 0 Å². The standard InChI is InChI=1S/C16H26N4O3/c1-4-17-16(13-20(21)22)18-9-6-10-23-15-8-5-7-14(11-15)12-19(2)3/h5,7-8,11,13,17-18H,4,6,9-10,12H2,1-3H3. The van der Waals surface area contributed by atoms with E-state index >= 15 is 0 Å². The first-order chi connectivity index (χ1) is 11.0. The lowest BCUT2D eigenvalue weighted by molar-refractivity contribution is -0.404. The summed E-state index contributed by atoms with van der Waals surface area (Å²) < 4.78 is 5.72. The maximum atomic E-state index is 10.5. The van der Waals surface area contributed by atoms with Crippen LogP contribution in [0.25, 0.3) is 0 Å². The Hall–Kier alpha value is -2.28. The second-order valence-corrected chi connectivity index (χ2v) is 5.37. The van der Waals surface area contributed by atoms with Crippen molar-refractivity contribution in [3.05, 3.63) is 52.0 Å². The Morgan fingerprint density at radius 3 is 2.83 bits per heavy atom. The average Bonchev–Trinajstić information content (AvgIpc) is 2.46. The Morgan fingerprint density at radius 2 is 2.17 bits per heavy atom. The fourth-order valence-corrected chi connectivity index (χ4v) is 2.03. The second-order valence-electron chi connectivity index (χ2n) is 5.37. The molecule has 0 aliphatic heterocycles. The van der Waals surface area contributed by atoms with Gasteiger partial charge in [0.1, 0.15) is 5.75 Å². The normalized spacial score (nSPS) is 11.4. The van der Waals surface area contributed by atoms with Gasteiger partial charge < -0.3 is 20.3 Å². The van der Waals surface area contributed by atoms with Crippen LogP contribution in [0, 0.1) is 10.1 Å². The molecule has 0 radical (unpaired) electrons. The van der Waals surface area contributed by atoms with Crippen LogP contribution in [-0.4, -0.2) is 43.6 Å². The van der Waals surface area contributed by atoms with Crippen LogP contribution in [0.3, 0.4) is 0 Å². The summed E-state index contributed by atoms with van der Waals surface area (Å²) in [6.45, 7) is 4.54. The summed E-state index contributed by atoms with van der Waals surface area (Å²) in [5.74, 6) is 1.27. The average molecular weight is 322 g/mol. The van der Waals surface area contributed by atoms with Crippen molar-refractivity contribution < 1.29 is 9.66 Å². The third kappa shape index (κ3) is 8.67. The number of nitrogens with zero attached hydrogens (tertiary/aromatic N) is 2. The van der Waals surface area contributed by atoms with Gasteiger partial charge in [0.15, 0.2) is 5.82 Å². The lowest BCUT2D eigenvalue weighted by Crippen LogP contribution is -2.28. The highest BCUT2D eigenvalue weighted by molar-refractivity contribution is 5.28. The van der Waals surface area contributed by atoms with Gasteiger partial charge in [-0.2, -0.15) is 0 Å². The van der Waals surface area contributed by atoms with E-state index in [1.54, 1.807) is 0 Å². The lowest BCUT2D eigenvalue weighted by atomic mass is 10.2. The maximum Gasteiger partial charge on any atom is 0.274 e. The molecular formula is C16H26N4O3. The molecule has 0 fully saturated rings. The van der Waals surface area contributed by atoms with Gasteiger partial charge in [0.25, 0.3) is 6.20 Å². The highest BCUT2D eigenvalue weighted by Crippen LogP contribution is 2.14. The van der Waals surface area contributed by atoms with E-state index in [9.17, 15) is 10.1 Å². The molecule has 0 aromatic heterocycles. The van der Waals surface area contributed by atoms with Crippen molar-refractivity contribution in [2.45, 2.75) is 19.9 Å². The van der Waals surface area contributed by atoms with Gasteiger partial charge in [-0.05, 0) is 45.1 Å². The Bertz CT molecular complexity index is 518. The molecule has 0 unspecified atom stereocenters. The Kier molecular flexibility index (Phi) is 8.52. The molecular weight excluding hydrogens is 296 g/mol. The van der Waals surface area contributed by atoms with E-state index in [1.807, 2.05) is 39.2 Å². The number of benzene rings is 1. The van der Waals surface area contributed by atoms with Gasteiger partial charge in [0.2, 0.25) is 0 Å². The molecule has 0 aliphatic rings. The third-order valence-electron chi connectivity index (χ3n) is 2.90. The van der Waals surface area contributed by atoms with Crippen LogP contribution in [0.5, 0.6) is 5.75 Å². The van der Waals surface area contributed by atoms with Gasteiger partial charge in [0.05, 0.1) is 11.5 Å². The van der Waals surface area contributed by atoms with Crippen LogP contribution >= 0.6 is 0 Å². The number of nitro groups is 1. The van der Waals surface area contributed by atoms with E-state index in [1.165, 1.54) is 5.56 Å². The predicted molar refractivity (Wildman–Crippen MR) is 90.7 cm³/mol. The number of hydrogen-bond donors (Lipinski definition) is 2. The number of ether oxygens (including phenoxy) is 1. The summed E-state index contributed by atoms with van der Waals surface area (Å²) >= 11 is 0. The molecule has 0 amide bonds. The zero-order chi connectivity index (χ0) is 17.1. The number of hydrogen-bond acceptors (Lipinski definition) is 6. The zero-order valence-electron chi connectivity index (χ0n) is 14.0. The lowest BCUT2D eigenvalue weighted by Gasteiger charge is -2.12. The summed E-state index contributed by atoms with van der Waals surface area (Å²) in [6.07, 6.45) is 1.69. The molecule has 1 rings (SSSR count). The second kappa shape index (κ2) is 10.4. The van der Waals surface area contributed by atoms with E-state index in [4.69, 9.17) is 4.74 Å². The van der Waals surface area contributed by atoms with Crippen molar-refractivity contribution >= 4 is 0 Å². The van der Waals surface area contributed by atoms with Gasteiger partial charge in [0, 0.05) is 19.6 Å². The van der Waals surface area contributed by atoms with Crippen molar-refractivity contribution in [2.75, 3.05) is 33.8 Å². The quantitative estimate of drug-likeness (QED) is 0.367. The topological polar surface area (TPSA) is 79.7 Å². The summed E-state index contributed by atoms with van der Waals surface area (Å²) in [5.41, 5.74) is 1.20. The molecule has 0 saturated heterocycles. The van der Waals surface area contributed by atoms with Crippen molar-refractivity contribution in [3.63, 3.8) is 0 Å². The highest BCUT2D eigenvalue weighted by Gasteiger charge is 2.01. The first-order valence-electron chi connectivity index (χ1n) is 7.70. The summed E-state index contributed by atoms with van der Waals surface area (Å²) in [6, 6.07) is 8.02. The minimum absolute atomic E-state index is 0.422. The fraction of sp³-hybridized carbons (Fsp3) is 0.500. The van der Waals surface area contributed by atoms with E-state index in [-0.39, 0.29) is 0 Å². The summed E-state index contributed by atoms with van der Waals surface area (Å²) in [4.78, 5) is 12.1. The monoisotopic (exact) mass is 322 g/mol. The van der Waals surface area contributed by atoms with Crippen molar-refractivity contribution in [3.8, 4) is 5.75 Å². The van der Waals surface area contributed by atoms with Crippen LogP contribution < -0.4 is 15.4 Å². The largest absolute Gasteiger partial charge is 0.494 e.